The van der Waals surface area contributed by atoms with Crippen LogP contribution in [0.5, 0.6) is 0 Å². The molecule has 1 aromatic carbocycles. The molecule has 1 aliphatic heterocycles. The largest absolute Gasteiger partial charge is 0.356 e. The molecule has 0 aliphatic carbocycles. The number of benzene rings is 1. The van der Waals surface area contributed by atoms with Gasteiger partial charge in [0, 0.05) is 26.7 Å². The van der Waals surface area contributed by atoms with E-state index in [1.807, 2.05) is 6.07 Å². The summed E-state index contributed by atoms with van der Waals surface area (Å²) in [4.78, 5) is 6.79. The Hall–Kier alpha value is -1.62. The molecule has 0 bridgehead atoms. The van der Waals surface area contributed by atoms with E-state index in [4.69, 9.17) is 0 Å². The fraction of sp³-hybridized carbons (Fsp3) is 0.611. The molecule has 128 valence electrons. The molecule has 5 heteroatoms. The third-order valence-electron chi connectivity index (χ3n) is 4.29. The first-order chi connectivity index (χ1) is 11.1. The molecule has 4 nitrogen and oxygen atoms in total. The van der Waals surface area contributed by atoms with Gasteiger partial charge in [-0.15, -0.1) is 0 Å². The summed E-state index contributed by atoms with van der Waals surface area (Å²) in [7, 11) is 1.77. The predicted molar refractivity (Wildman–Crippen MR) is 94.2 cm³/mol. The van der Waals surface area contributed by atoms with E-state index in [2.05, 4.69) is 27.4 Å². The average Bonchev–Trinajstić information content (AvgIpc) is 3.03. The fourth-order valence-corrected chi connectivity index (χ4v) is 2.96. The van der Waals surface area contributed by atoms with Gasteiger partial charge in [-0.25, -0.2) is 4.39 Å². The molecule has 0 radical (unpaired) electrons. The van der Waals surface area contributed by atoms with Crippen LogP contribution in [0.25, 0.3) is 0 Å². The van der Waals surface area contributed by atoms with Crippen molar-refractivity contribution in [3.8, 4) is 0 Å². The first-order valence-corrected chi connectivity index (χ1v) is 8.50. The molecule has 2 rings (SSSR count). The highest BCUT2D eigenvalue weighted by Crippen LogP contribution is 2.10. The smallest absolute Gasteiger partial charge is 0.191 e. The second-order valence-electron chi connectivity index (χ2n) is 6.50. The van der Waals surface area contributed by atoms with Crippen molar-refractivity contribution in [3.63, 3.8) is 0 Å². The lowest BCUT2D eigenvalue weighted by Crippen LogP contribution is -2.41. The van der Waals surface area contributed by atoms with Crippen LogP contribution in [0.1, 0.15) is 30.9 Å². The molecular formula is C18H29FN4. The van der Waals surface area contributed by atoms with Gasteiger partial charge in [0.15, 0.2) is 5.96 Å². The zero-order chi connectivity index (χ0) is 16.7. The molecule has 1 saturated heterocycles. The summed E-state index contributed by atoms with van der Waals surface area (Å²) in [5.74, 6) is 1.21. The van der Waals surface area contributed by atoms with Crippen molar-refractivity contribution in [1.29, 1.82) is 0 Å². The zero-order valence-corrected chi connectivity index (χ0v) is 14.5. The van der Waals surface area contributed by atoms with Gasteiger partial charge in [-0.1, -0.05) is 19.1 Å². The maximum atomic E-state index is 13.3. The van der Waals surface area contributed by atoms with Crippen molar-refractivity contribution in [2.24, 2.45) is 10.9 Å². The van der Waals surface area contributed by atoms with Gasteiger partial charge in [0.1, 0.15) is 5.82 Å². The number of nitrogens with one attached hydrogen (secondary N) is 2. The topological polar surface area (TPSA) is 39.7 Å². The number of aryl methyl sites for hydroxylation is 1. The Balaban J connectivity index is 1.73. The van der Waals surface area contributed by atoms with Gasteiger partial charge >= 0.3 is 0 Å². The van der Waals surface area contributed by atoms with Crippen LogP contribution in [0.3, 0.4) is 0 Å². The summed E-state index contributed by atoms with van der Waals surface area (Å²) in [6.07, 6.45) is 2.67. The van der Waals surface area contributed by atoms with Crippen LogP contribution in [0.2, 0.25) is 0 Å². The van der Waals surface area contributed by atoms with Crippen LogP contribution in [-0.4, -0.2) is 44.1 Å². The van der Waals surface area contributed by atoms with Gasteiger partial charge in [-0.05, 0) is 56.0 Å². The van der Waals surface area contributed by atoms with Crippen LogP contribution < -0.4 is 10.6 Å². The maximum absolute atomic E-state index is 13.3. The van der Waals surface area contributed by atoms with Crippen LogP contribution in [0.4, 0.5) is 4.39 Å². The number of hydrogen-bond acceptors (Lipinski definition) is 2. The summed E-state index contributed by atoms with van der Waals surface area (Å²) in [5.41, 5.74) is 1.73. The summed E-state index contributed by atoms with van der Waals surface area (Å²) in [6, 6.07) is 5.19. The third kappa shape index (κ3) is 5.82. The van der Waals surface area contributed by atoms with Crippen LogP contribution in [-0.2, 0) is 6.54 Å². The zero-order valence-electron chi connectivity index (χ0n) is 14.5. The Morgan fingerprint density at radius 3 is 2.70 bits per heavy atom. The average molecular weight is 320 g/mol. The first-order valence-electron chi connectivity index (χ1n) is 8.50. The first kappa shape index (κ1) is 17.7. The molecule has 2 N–H and O–H groups in total. The van der Waals surface area contributed by atoms with E-state index in [1.165, 1.54) is 32.0 Å². The summed E-state index contributed by atoms with van der Waals surface area (Å²) in [5, 5.41) is 6.66. The van der Waals surface area contributed by atoms with Crippen LogP contribution >= 0.6 is 0 Å². The quantitative estimate of drug-likeness (QED) is 0.625. The molecule has 1 atom stereocenters. The third-order valence-corrected chi connectivity index (χ3v) is 4.29. The second kappa shape index (κ2) is 8.87. The van der Waals surface area contributed by atoms with Crippen molar-refractivity contribution in [2.45, 2.75) is 33.2 Å². The lowest BCUT2D eigenvalue weighted by atomic mass is 10.1. The number of rotatable bonds is 6. The van der Waals surface area contributed by atoms with E-state index in [9.17, 15) is 4.39 Å². The fourth-order valence-electron chi connectivity index (χ4n) is 2.96. The number of halogens is 1. The highest BCUT2D eigenvalue weighted by atomic mass is 19.1. The molecule has 0 saturated carbocycles. The SMILES string of the molecule is CN=C(NCc1ccc(F)c(C)c1)NCC(C)CN1CCCC1. The van der Waals surface area contributed by atoms with E-state index < -0.39 is 0 Å². The number of aliphatic imine (C=N–C) groups is 1. The second-order valence-corrected chi connectivity index (χ2v) is 6.50. The summed E-state index contributed by atoms with van der Waals surface area (Å²) < 4.78 is 13.3. The van der Waals surface area contributed by atoms with Crippen LogP contribution in [0.15, 0.2) is 23.2 Å². The Labute approximate surface area is 139 Å². The van der Waals surface area contributed by atoms with Crippen molar-refractivity contribution in [1.82, 2.24) is 15.5 Å². The highest BCUT2D eigenvalue weighted by molar-refractivity contribution is 5.79. The van der Waals surface area contributed by atoms with Gasteiger partial charge in [0.2, 0.25) is 0 Å². The lowest BCUT2D eigenvalue weighted by Gasteiger charge is -2.21. The number of hydrogen-bond donors (Lipinski definition) is 2. The predicted octanol–water partition coefficient (Wildman–Crippen LogP) is 2.53. The van der Waals surface area contributed by atoms with Crippen molar-refractivity contribution in [3.05, 3.63) is 35.1 Å². The monoisotopic (exact) mass is 320 g/mol. The van der Waals surface area contributed by atoms with Crippen molar-refractivity contribution in [2.75, 3.05) is 33.2 Å². The Bertz CT molecular complexity index is 524. The number of guanidine groups is 1. The van der Waals surface area contributed by atoms with E-state index in [1.54, 1.807) is 20.0 Å². The van der Waals surface area contributed by atoms with Gasteiger partial charge < -0.3 is 15.5 Å². The number of likely N-dealkylation sites (tertiary alicyclic amines) is 1. The standard InChI is InChI=1S/C18H29FN4/c1-14(13-23-8-4-5-9-23)11-21-18(20-3)22-12-16-6-7-17(19)15(2)10-16/h6-7,10,14H,4-5,8-9,11-13H2,1-3H3,(H2,20,21,22). The number of nitrogens with zero attached hydrogens (tertiary/aromatic N) is 2. The molecule has 0 amide bonds. The minimum Gasteiger partial charge on any atom is -0.356 e. The van der Waals surface area contributed by atoms with Crippen molar-refractivity contribution >= 4 is 5.96 Å². The van der Waals surface area contributed by atoms with Gasteiger partial charge in [0.05, 0.1) is 0 Å². The van der Waals surface area contributed by atoms with E-state index in [0.717, 1.165) is 24.6 Å². The molecule has 1 unspecified atom stereocenters. The molecule has 1 aromatic rings. The lowest BCUT2D eigenvalue weighted by molar-refractivity contribution is 0.287. The van der Waals surface area contributed by atoms with Gasteiger partial charge in [0.25, 0.3) is 0 Å². The van der Waals surface area contributed by atoms with E-state index in [0.29, 0.717) is 18.0 Å². The highest BCUT2D eigenvalue weighted by Gasteiger charge is 2.14. The molecule has 0 spiro atoms. The molecular weight excluding hydrogens is 291 g/mol. The van der Waals surface area contributed by atoms with E-state index in [-0.39, 0.29) is 5.82 Å². The molecule has 1 aliphatic rings. The Morgan fingerprint density at radius 1 is 1.30 bits per heavy atom. The van der Waals surface area contributed by atoms with E-state index >= 15 is 0 Å². The maximum Gasteiger partial charge on any atom is 0.191 e. The summed E-state index contributed by atoms with van der Waals surface area (Å²) >= 11 is 0. The minimum absolute atomic E-state index is 0.160. The van der Waals surface area contributed by atoms with Gasteiger partial charge in [-0.2, -0.15) is 0 Å². The minimum atomic E-state index is -0.160. The summed E-state index contributed by atoms with van der Waals surface area (Å²) in [6.45, 7) is 9.21. The normalized spacial score (nSPS) is 17.3. The van der Waals surface area contributed by atoms with Crippen molar-refractivity contribution < 1.29 is 4.39 Å². The Kier molecular flexibility index (Phi) is 6.84. The molecule has 0 aromatic heterocycles. The van der Waals surface area contributed by atoms with Gasteiger partial charge in [-0.3, -0.25) is 4.99 Å². The molecule has 1 fully saturated rings. The van der Waals surface area contributed by atoms with Crippen LogP contribution in [0, 0.1) is 18.7 Å². The Morgan fingerprint density at radius 2 is 2.04 bits per heavy atom. The molecule has 1 heterocycles. The molecule has 23 heavy (non-hydrogen) atoms.